The first-order chi connectivity index (χ1) is 7.24. The van der Waals surface area contributed by atoms with E-state index in [0.717, 1.165) is 10.2 Å². The zero-order chi connectivity index (χ0) is 10.7. The van der Waals surface area contributed by atoms with Crippen LogP contribution in [-0.2, 0) is 6.54 Å². The van der Waals surface area contributed by atoms with Gasteiger partial charge in [0, 0.05) is 35.2 Å². The smallest absolute Gasteiger partial charge is 0.181 e. The fraction of sp³-hybridized carbons (Fsp3) is 0.0909. The summed E-state index contributed by atoms with van der Waals surface area (Å²) in [6.07, 6.45) is 5.27. The number of nitrogens with zero attached hydrogens (tertiary/aromatic N) is 2. The summed E-state index contributed by atoms with van der Waals surface area (Å²) in [6.45, 7) is 0.674. The number of halogens is 1. The maximum Gasteiger partial charge on any atom is 0.181 e. The molecule has 2 aromatic rings. The molecular formula is C11H9BrN2O. The summed E-state index contributed by atoms with van der Waals surface area (Å²) < 4.78 is 2.88. The maximum atomic E-state index is 10.9. The Morgan fingerprint density at radius 2 is 1.93 bits per heavy atom. The molecule has 0 bridgehead atoms. The van der Waals surface area contributed by atoms with Crippen molar-refractivity contribution in [1.29, 1.82) is 0 Å². The monoisotopic (exact) mass is 264 g/mol. The zero-order valence-electron chi connectivity index (χ0n) is 7.93. The Kier molecular flexibility index (Phi) is 2.97. The van der Waals surface area contributed by atoms with Gasteiger partial charge < -0.3 is 4.57 Å². The van der Waals surface area contributed by atoms with Gasteiger partial charge >= 0.3 is 0 Å². The molecule has 0 fully saturated rings. The number of hydrogen-bond acceptors (Lipinski definition) is 2. The van der Waals surface area contributed by atoms with E-state index in [4.69, 9.17) is 0 Å². The lowest BCUT2D eigenvalue weighted by atomic mass is 10.3. The minimum Gasteiger partial charge on any atom is -0.348 e. The Morgan fingerprint density at radius 1 is 1.20 bits per heavy atom. The summed E-state index contributed by atoms with van der Waals surface area (Å²) in [7, 11) is 0. The fourth-order valence-electron chi connectivity index (χ4n) is 1.24. The van der Waals surface area contributed by atoms with Gasteiger partial charge in [0.2, 0.25) is 0 Å². The topological polar surface area (TPSA) is 34.9 Å². The molecule has 0 radical (unpaired) electrons. The van der Waals surface area contributed by atoms with Crippen molar-refractivity contribution in [3.63, 3.8) is 0 Å². The molecule has 0 unspecified atom stereocenters. The number of rotatable bonds is 2. The van der Waals surface area contributed by atoms with E-state index in [-0.39, 0.29) is 5.43 Å². The molecule has 3 nitrogen and oxygen atoms in total. The molecule has 0 aliphatic heterocycles. The lowest BCUT2D eigenvalue weighted by molar-refractivity contribution is 0.765. The van der Waals surface area contributed by atoms with Gasteiger partial charge in [-0.15, -0.1) is 0 Å². The Labute approximate surface area is 95.5 Å². The molecule has 0 aromatic carbocycles. The lowest BCUT2D eigenvalue weighted by Crippen LogP contribution is -2.05. The SMILES string of the molecule is O=c1ccn(Cc2ccc(Br)cn2)cc1. The molecule has 76 valence electrons. The van der Waals surface area contributed by atoms with E-state index in [9.17, 15) is 4.79 Å². The quantitative estimate of drug-likeness (QED) is 0.833. The van der Waals surface area contributed by atoms with Gasteiger partial charge in [-0.05, 0) is 28.1 Å². The minimum atomic E-state index is 0.0232. The lowest BCUT2D eigenvalue weighted by Gasteiger charge is -2.04. The van der Waals surface area contributed by atoms with Crippen LogP contribution in [0.4, 0.5) is 0 Å². The summed E-state index contributed by atoms with van der Waals surface area (Å²) in [4.78, 5) is 15.1. The Morgan fingerprint density at radius 3 is 2.53 bits per heavy atom. The summed E-state index contributed by atoms with van der Waals surface area (Å²) in [5.74, 6) is 0. The van der Waals surface area contributed by atoms with Crippen molar-refractivity contribution < 1.29 is 0 Å². The van der Waals surface area contributed by atoms with E-state index >= 15 is 0 Å². The second-order valence-electron chi connectivity index (χ2n) is 3.17. The van der Waals surface area contributed by atoms with Crippen LogP contribution in [0.2, 0.25) is 0 Å². The van der Waals surface area contributed by atoms with Crippen molar-refractivity contribution in [3.8, 4) is 0 Å². The Bertz CT molecular complexity index is 484. The highest BCUT2D eigenvalue weighted by Gasteiger charge is 1.95. The van der Waals surface area contributed by atoms with Gasteiger partial charge in [0.25, 0.3) is 0 Å². The predicted molar refractivity (Wildman–Crippen MR) is 61.7 cm³/mol. The molecule has 0 aliphatic carbocycles. The van der Waals surface area contributed by atoms with Crippen molar-refractivity contribution in [2.75, 3.05) is 0 Å². The van der Waals surface area contributed by atoms with Crippen LogP contribution in [0.15, 0.2) is 52.1 Å². The predicted octanol–water partition coefficient (Wildman–Crippen LogP) is 2.05. The molecule has 0 saturated carbocycles. The van der Waals surface area contributed by atoms with Crippen LogP contribution in [0.25, 0.3) is 0 Å². The van der Waals surface area contributed by atoms with Gasteiger partial charge in [0.05, 0.1) is 12.2 Å². The average Bonchev–Trinajstić information content (AvgIpc) is 2.25. The van der Waals surface area contributed by atoms with Gasteiger partial charge in [-0.3, -0.25) is 9.78 Å². The third-order valence-corrected chi connectivity index (χ3v) is 2.46. The van der Waals surface area contributed by atoms with Crippen LogP contribution >= 0.6 is 15.9 Å². The third-order valence-electron chi connectivity index (χ3n) is 1.99. The second kappa shape index (κ2) is 4.40. The Hall–Kier alpha value is -1.42. The first kappa shape index (κ1) is 10.1. The van der Waals surface area contributed by atoms with Crippen molar-refractivity contribution >= 4 is 15.9 Å². The summed E-state index contributed by atoms with van der Waals surface area (Å²) in [5.41, 5.74) is 0.983. The van der Waals surface area contributed by atoms with Crippen molar-refractivity contribution in [1.82, 2.24) is 9.55 Å². The molecule has 0 amide bonds. The molecule has 0 spiro atoms. The van der Waals surface area contributed by atoms with Gasteiger partial charge in [-0.1, -0.05) is 0 Å². The van der Waals surface area contributed by atoms with Crippen LogP contribution in [0.5, 0.6) is 0 Å². The van der Waals surface area contributed by atoms with E-state index in [2.05, 4.69) is 20.9 Å². The van der Waals surface area contributed by atoms with Gasteiger partial charge in [-0.25, -0.2) is 0 Å². The van der Waals surface area contributed by atoms with E-state index in [1.54, 1.807) is 30.7 Å². The molecule has 4 heteroatoms. The number of hydrogen-bond donors (Lipinski definition) is 0. The normalized spacial score (nSPS) is 10.2. The average molecular weight is 265 g/mol. The molecule has 15 heavy (non-hydrogen) atoms. The molecule has 2 rings (SSSR count). The van der Waals surface area contributed by atoms with E-state index in [0.29, 0.717) is 6.54 Å². The van der Waals surface area contributed by atoms with Crippen LogP contribution in [-0.4, -0.2) is 9.55 Å². The summed E-state index contributed by atoms with van der Waals surface area (Å²) in [5, 5.41) is 0. The van der Waals surface area contributed by atoms with Crippen LogP contribution in [0, 0.1) is 0 Å². The van der Waals surface area contributed by atoms with Crippen LogP contribution in [0.3, 0.4) is 0 Å². The van der Waals surface area contributed by atoms with E-state index in [1.807, 2.05) is 16.7 Å². The van der Waals surface area contributed by atoms with Crippen LogP contribution < -0.4 is 5.43 Å². The molecule has 0 N–H and O–H groups in total. The highest BCUT2D eigenvalue weighted by Crippen LogP contribution is 2.07. The second-order valence-corrected chi connectivity index (χ2v) is 4.09. The molecular weight excluding hydrogens is 256 g/mol. The van der Waals surface area contributed by atoms with Crippen molar-refractivity contribution in [3.05, 3.63) is 63.2 Å². The van der Waals surface area contributed by atoms with E-state index in [1.165, 1.54) is 0 Å². The number of pyridine rings is 2. The highest BCUT2D eigenvalue weighted by molar-refractivity contribution is 9.10. The van der Waals surface area contributed by atoms with Crippen LogP contribution in [0.1, 0.15) is 5.69 Å². The number of aromatic nitrogens is 2. The molecule has 0 atom stereocenters. The largest absolute Gasteiger partial charge is 0.348 e. The zero-order valence-corrected chi connectivity index (χ0v) is 9.52. The summed E-state index contributed by atoms with van der Waals surface area (Å²) >= 11 is 3.33. The fourth-order valence-corrected chi connectivity index (χ4v) is 1.47. The first-order valence-electron chi connectivity index (χ1n) is 4.50. The van der Waals surface area contributed by atoms with Crippen molar-refractivity contribution in [2.45, 2.75) is 6.54 Å². The molecule has 2 aromatic heterocycles. The van der Waals surface area contributed by atoms with Gasteiger partial charge in [0.1, 0.15) is 0 Å². The Balaban J connectivity index is 2.18. The minimum absolute atomic E-state index is 0.0232. The molecule has 0 saturated heterocycles. The maximum absolute atomic E-state index is 10.9. The van der Waals surface area contributed by atoms with E-state index < -0.39 is 0 Å². The standard InChI is InChI=1S/C11H9BrN2O/c12-9-1-2-10(13-7-9)8-14-5-3-11(15)4-6-14/h1-7H,8H2. The summed E-state index contributed by atoms with van der Waals surface area (Å²) in [6, 6.07) is 6.98. The molecule has 0 aliphatic rings. The van der Waals surface area contributed by atoms with Gasteiger partial charge in [0.15, 0.2) is 5.43 Å². The first-order valence-corrected chi connectivity index (χ1v) is 5.30. The van der Waals surface area contributed by atoms with Crippen molar-refractivity contribution in [2.24, 2.45) is 0 Å². The third kappa shape index (κ3) is 2.76. The highest BCUT2D eigenvalue weighted by atomic mass is 79.9. The molecule has 2 heterocycles. The van der Waals surface area contributed by atoms with Gasteiger partial charge in [-0.2, -0.15) is 0 Å².